The summed E-state index contributed by atoms with van der Waals surface area (Å²) < 4.78 is 110. The second kappa shape index (κ2) is 14.5. The Morgan fingerprint density at radius 1 is 0.460 bits per heavy atom. The van der Waals surface area contributed by atoms with Crippen LogP contribution in [0.2, 0.25) is 0 Å². The van der Waals surface area contributed by atoms with E-state index in [0.717, 1.165) is 24.3 Å². The highest BCUT2D eigenvalue weighted by atomic mass is 32.1. The van der Waals surface area contributed by atoms with Crippen LogP contribution in [0.15, 0.2) is 60.7 Å². The summed E-state index contributed by atoms with van der Waals surface area (Å²) >= 11 is 2.58. The minimum Gasteiger partial charge on any atom is -0.493 e. The molecule has 0 amide bonds. The lowest BCUT2D eigenvalue weighted by atomic mass is 10.2. The standard InChI is InChI=1S/2C17H14F3NO3S/c2*1-22-12-6-9(7-13(23-2)15(12)24-3)16-21-11-8-10(17(18,19)20)4-5-14(11)25-16/h2*4-8H,1-3H3. The molecule has 0 atom stereocenters. The maximum absolute atomic E-state index is 12.9. The summed E-state index contributed by atoms with van der Waals surface area (Å²) in [5.74, 6) is 2.68. The fraction of sp³-hybridized carbons (Fsp3) is 0.235. The van der Waals surface area contributed by atoms with Crippen molar-refractivity contribution in [3.63, 3.8) is 0 Å². The number of methoxy groups -OCH3 is 6. The van der Waals surface area contributed by atoms with Gasteiger partial charge in [0.15, 0.2) is 23.0 Å². The lowest BCUT2D eigenvalue weighted by molar-refractivity contribution is -0.138. The van der Waals surface area contributed by atoms with E-state index >= 15 is 0 Å². The van der Waals surface area contributed by atoms with Crippen LogP contribution in [0, 0.1) is 0 Å². The van der Waals surface area contributed by atoms with Crippen molar-refractivity contribution < 1.29 is 54.8 Å². The van der Waals surface area contributed by atoms with Crippen LogP contribution in [-0.2, 0) is 12.4 Å². The Morgan fingerprint density at radius 3 is 1.04 bits per heavy atom. The summed E-state index contributed by atoms with van der Waals surface area (Å²) in [5, 5.41) is 1.13. The van der Waals surface area contributed by atoms with Crippen molar-refractivity contribution in [3.05, 3.63) is 71.8 Å². The molecule has 0 N–H and O–H groups in total. The molecule has 0 radical (unpaired) electrons. The Morgan fingerprint density at radius 2 is 0.780 bits per heavy atom. The van der Waals surface area contributed by atoms with Crippen molar-refractivity contribution >= 4 is 43.1 Å². The topological polar surface area (TPSA) is 81.2 Å². The van der Waals surface area contributed by atoms with E-state index in [1.807, 2.05) is 0 Å². The van der Waals surface area contributed by atoms with E-state index in [4.69, 9.17) is 28.4 Å². The first-order valence-corrected chi connectivity index (χ1v) is 15.9. The van der Waals surface area contributed by atoms with E-state index in [2.05, 4.69) is 9.97 Å². The van der Waals surface area contributed by atoms with E-state index in [1.54, 1.807) is 24.3 Å². The molecule has 0 saturated heterocycles. The number of fused-ring (bicyclic) bond motifs is 2. The molecule has 0 saturated carbocycles. The summed E-state index contributed by atoms with van der Waals surface area (Å²) in [6.45, 7) is 0. The maximum atomic E-state index is 12.9. The van der Waals surface area contributed by atoms with Gasteiger partial charge in [-0.25, -0.2) is 9.97 Å². The average molecular weight is 739 g/mol. The summed E-state index contributed by atoms with van der Waals surface area (Å²) in [4.78, 5) is 8.66. The molecule has 6 rings (SSSR count). The number of ether oxygens (including phenoxy) is 6. The van der Waals surface area contributed by atoms with Gasteiger partial charge in [-0.05, 0) is 60.7 Å². The quantitative estimate of drug-likeness (QED) is 0.143. The first-order valence-electron chi connectivity index (χ1n) is 14.3. The number of nitrogens with zero attached hydrogens (tertiary/aromatic N) is 2. The highest BCUT2D eigenvalue weighted by molar-refractivity contribution is 7.22. The molecule has 264 valence electrons. The number of halogens is 6. The van der Waals surface area contributed by atoms with Crippen LogP contribution in [0.5, 0.6) is 34.5 Å². The normalized spacial score (nSPS) is 11.6. The van der Waals surface area contributed by atoms with Gasteiger partial charge in [-0.3, -0.25) is 0 Å². The number of aromatic nitrogens is 2. The van der Waals surface area contributed by atoms with E-state index < -0.39 is 23.5 Å². The van der Waals surface area contributed by atoms with Gasteiger partial charge in [0, 0.05) is 11.1 Å². The zero-order chi connectivity index (χ0) is 36.4. The van der Waals surface area contributed by atoms with Gasteiger partial charge in [0.2, 0.25) is 11.5 Å². The fourth-order valence-electron chi connectivity index (χ4n) is 4.86. The highest BCUT2D eigenvalue weighted by Gasteiger charge is 2.32. The number of benzene rings is 4. The third-order valence-corrected chi connectivity index (χ3v) is 9.42. The zero-order valence-corrected chi connectivity index (χ0v) is 28.8. The smallest absolute Gasteiger partial charge is 0.416 e. The Labute approximate surface area is 289 Å². The van der Waals surface area contributed by atoms with Gasteiger partial charge < -0.3 is 28.4 Å². The summed E-state index contributed by atoms with van der Waals surface area (Å²) in [6.07, 6.45) is -8.80. The molecule has 6 aromatic rings. The molecule has 50 heavy (non-hydrogen) atoms. The predicted octanol–water partition coefficient (Wildman–Crippen LogP) is 10.0. The Bertz CT molecular complexity index is 1940. The molecule has 0 unspecified atom stereocenters. The van der Waals surface area contributed by atoms with Gasteiger partial charge in [0.1, 0.15) is 10.0 Å². The molecule has 0 spiro atoms. The second-order valence-electron chi connectivity index (χ2n) is 10.2. The number of alkyl halides is 6. The highest BCUT2D eigenvalue weighted by Crippen LogP contribution is 2.45. The molecular weight excluding hydrogens is 711 g/mol. The van der Waals surface area contributed by atoms with Gasteiger partial charge in [0.25, 0.3) is 0 Å². The largest absolute Gasteiger partial charge is 0.493 e. The van der Waals surface area contributed by atoms with Crippen LogP contribution >= 0.6 is 22.7 Å². The Balaban J connectivity index is 0.000000194. The van der Waals surface area contributed by atoms with Crippen LogP contribution in [0.4, 0.5) is 26.3 Å². The minimum absolute atomic E-state index is 0.295. The molecule has 8 nitrogen and oxygen atoms in total. The number of thiazole rings is 2. The van der Waals surface area contributed by atoms with Crippen molar-refractivity contribution in [2.45, 2.75) is 12.4 Å². The van der Waals surface area contributed by atoms with Gasteiger partial charge >= 0.3 is 12.4 Å². The molecular formula is C34H28F6N2O6S2. The van der Waals surface area contributed by atoms with Crippen molar-refractivity contribution in [1.29, 1.82) is 0 Å². The molecule has 2 heterocycles. The van der Waals surface area contributed by atoms with Crippen molar-refractivity contribution in [2.24, 2.45) is 0 Å². The first-order chi connectivity index (χ1) is 23.7. The molecule has 4 aromatic carbocycles. The van der Waals surface area contributed by atoms with Crippen molar-refractivity contribution in [3.8, 4) is 55.6 Å². The zero-order valence-electron chi connectivity index (χ0n) is 27.2. The van der Waals surface area contributed by atoms with Crippen LogP contribution in [-0.4, -0.2) is 52.6 Å². The van der Waals surface area contributed by atoms with Gasteiger partial charge in [0.05, 0.1) is 74.2 Å². The SMILES string of the molecule is COc1cc(-c2nc3cc(C(F)(F)F)ccc3s2)cc(OC)c1OC.COc1cc(-c2nc3cc(C(F)(F)F)ccc3s2)cc(OC)c1OC. The van der Waals surface area contributed by atoms with E-state index in [-0.39, 0.29) is 0 Å². The number of hydrogen-bond donors (Lipinski definition) is 0. The molecule has 0 fully saturated rings. The molecule has 0 aliphatic heterocycles. The minimum atomic E-state index is -4.40. The lowest BCUT2D eigenvalue weighted by Gasteiger charge is -2.13. The Hall–Kier alpha value is -4.96. The van der Waals surface area contributed by atoms with Gasteiger partial charge in [-0.2, -0.15) is 26.3 Å². The third-order valence-electron chi connectivity index (χ3n) is 7.25. The van der Waals surface area contributed by atoms with Gasteiger partial charge in [-0.1, -0.05) is 0 Å². The fourth-order valence-corrected chi connectivity index (χ4v) is 6.73. The lowest BCUT2D eigenvalue weighted by Crippen LogP contribution is -2.03. The molecule has 2 aromatic heterocycles. The van der Waals surface area contributed by atoms with Crippen molar-refractivity contribution in [2.75, 3.05) is 42.7 Å². The average Bonchev–Trinajstić information content (AvgIpc) is 3.73. The van der Waals surface area contributed by atoms with Gasteiger partial charge in [-0.15, -0.1) is 22.7 Å². The summed E-state index contributed by atoms with van der Waals surface area (Å²) in [7, 11) is 8.97. The predicted molar refractivity (Wildman–Crippen MR) is 179 cm³/mol. The van der Waals surface area contributed by atoms with E-state index in [0.29, 0.717) is 76.1 Å². The number of hydrogen-bond acceptors (Lipinski definition) is 10. The first kappa shape index (κ1) is 36.3. The molecule has 16 heteroatoms. The van der Waals surface area contributed by atoms with Crippen LogP contribution < -0.4 is 28.4 Å². The summed E-state index contributed by atoms with van der Waals surface area (Å²) in [5.41, 5.74) is 0.490. The van der Waals surface area contributed by atoms with Crippen molar-refractivity contribution in [1.82, 2.24) is 9.97 Å². The van der Waals surface area contributed by atoms with Crippen LogP contribution in [0.25, 0.3) is 41.6 Å². The molecule has 0 bridgehead atoms. The van der Waals surface area contributed by atoms with Crippen LogP contribution in [0.3, 0.4) is 0 Å². The second-order valence-corrected chi connectivity index (χ2v) is 12.3. The van der Waals surface area contributed by atoms with Crippen LogP contribution in [0.1, 0.15) is 11.1 Å². The monoisotopic (exact) mass is 738 g/mol. The van der Waals surface area contributed by atoms with E-state index in [9.17, 15) is 26.3 Å². The molecule has 0 aliphatic carbocycles. The van der Waals surface area contributed by atoms with E-state index in [1.165, 1.54) is 77.5 Å². The number of rotatable bonds is 8. The molecule has 0 aliphatic rings. The Kier molecular flexibility index (Phi) is 10.5. The maximum Gasteiger partial charge on any atom is 0.416 e. The third kappa shape index (κ3) is 7.45. The summed E-state index contributed by atoms with van der Waals surface area (Å²) in [6, 6.07) is 13.9.